The number of ether oxygens (including phenoxy) is 1. The predicted octanol–water partition coefficient (Wildman–Crippen LogP) is 2.99. The Bertz CT molecular complexity index is 934. The van der Waals surface area contributed by atoms with Crippen LogP contribution in [0.2, 0.25) is 0 Å². The van der Waals surface area contributed by atoms with Gasteiger partial charge in [-0.1, -0.05) is 0 Å². The fourth-order valence-electron chi connectivity index (χ4n) is 4.30. The maximum atomic E-state index is 12.6. The van der Waals surface area contributed by atoms with Gasteiger partial charge in [0.05, 0.1) is 0 Å². The molecule has 30 heavy (non-hydrogen) atoms. The number of hydrogen-bond donors (Lipinski definition) is 1. The number of amides is 1. The maximum Gasteiger partial charge on any atom is 0.308 e. The summed E-state index contributed by atoms with van der Waals surface area (Å²) in [6.07, 6.45) is 6.29. The van der Waals surface area contributed by atoms with Crippen LogP contribution in [0.3, 0.4) is 0 Å². The molecule has 0 radical (unpaired) electrons. The summed E-state index contributed by atoms with van der Waals surface area (Å²) < 4.78 is 5.01. The van der Waals surface area contributed by atoms with E-state index in [4.69, 9.17) is 9.72 Å². The first-order chi connectivity index (χ1) is 14.5. The summed E-state index contributed by atoms with van der Waals surface area (Å²) in [5.41, 5.74) is 3.10. The summed E-state index contributed by atoms with van der Waals surface area (Å²) in [6, 6.07) is 6.77. The highest BCUT2D eigenvalue weighted by atomic mass is 16.5. The van der Waals surface area contributed by atoms with Crippen LogP contribution in [0, 0.1) is 6.92 Å². The first kappa shape index (κ1) is 20.3. The number of nitrogens with one attached hydrogen (secondary N) is 1. The Morgan fingerprint density at radius 1 is 1.07 bits per heavy atom. The molecule has 0 saturated carbocycles. The molecule has 7 heteroatoms. The summed E-state index contributed by atoms with van der Waals surface area (Å²) in [6.45, 7) is 5.07. The zero-order chi connectivity index (χ0) is 21.1. The number of carbonyl (C=O) groups excluding carboxylic acids is 2. The lowest BCUT2D eigenvalue weighted by atomic mass is 9.95. The third-order valence-corrected chi connectivity index (χ3v) is 5.78. The van der Waals surface area contributed by atoms with Crippen LogP contribution < -0.4 is 15.0 Å². The minimum atomic E-state index is -0.376. The number of aryl methyl sites for hydroxylation is 2. The lowest BCUT2D eigenvalue weighted by Crippen LogP contribution is -2.45. The Morgan fingerprint density at radius 2 is 1.77 bits per heavy atom. The third kappa shape index (κ3) is 4.61. The highest BCUT2D eigenvalue weighted by Gasteiger charge is 2.26. The van der Waals surface area contributed by atoms with Crippen molar-refractivity contribution in [2.75, 3.05) is 18.0 Å². The lowest BCUT2D eigenvalue weighted by molar-refractivity contribution is -0.131. The Hall–Kier alpha value is -2.96. The predicted molar refractivity (Wildman–Crippen MR) is 114 cm³/mol. The fraction of sp³-hybridized carbons (Fsp3) is 0.478. The number of hydrogen-bond acceptors (Lipinski definition) is 6. The summed E-state index contributed by atoms with van der Waals surface area (Å²) in [4.78, 5) is 35.4. The van der Waals surface area contributed by atoms with Gasteiger partial charge in [0.25, 0.3) is 5.91 Å². The molecule has 4 rings (SSSR count). The van der Waals surface area contributed by atoms with E-state index in [1.165, 1.54) is 31.0 Å². The summed E-state index contributed by atoms with van der Waals surface area (Å²) in [5.74, 6) is 1.91. The zero-order valence-electron chi connectivity index (χ0n) is 17.6. The van der Waals surface area contributed by atoms with Gasteiger partial charge < -0.3 is 15.0 Å². The van der Waals surface area contributed by atoms with Gasteiger partial charge in [-0.3, -0.25) is 9.59 Å². The standard InChI is InChI=1S/C23H28N4O3/c1-15-24-21-6-4-3-5-20(21)22(25-15)27-13-11-18(12-14-27)26-23(29)17-7-9-19(10-8-17)30-16(2)28/h7-10,18H,3-6,11-14H2,1-2H3,(H,26,29). The average molecular weight is 409 g/mol. The Kier molecular flexibility index (Phi) is 5.97. The van der Waals surface area contributed by atoms with Crippen LogP contribution in [0.4, 0.5) is 5.82 Å². The van der Waals surface area contributed by atoms with Gasteiger partial charge >= 0.3 is 5.97 Å². The second-order valence-electron chi connectivity index (χ2n) is 8.08. The van der Waals surface area contributed by atoms with Crippen molar-refractivity contribution in [3.05, 3.63) is 46.9 Å². The molecular formula is C23H28N4O3. The average Bonchev–Trinajstić information content (AvgIpc) is 2.74. The van der Waals surface area contributed by atoms with E-state index in [-0.39, 0.29) is 17.9 Å². The molecule has 1 aliphatic carbocycles. The van der Waals surface area contributed by atoms with E-state index < -0.39 is 0 Å². The number of carbonyl (C=O) groups is 2. The molecule has 7 nitrogen and oxygen atoms in total. The number of rotatable bonds is 4. The summed E-state index contributed by atoms with van der Waals surface area (Å²) in [7, 11) is 0. The highest BCUT2D eigenvalue weighted by molar-refractivity contribution is 5.94. The van der Waals surface area contributed by atoms with Crippen molar-refractivity contribution >= 4 is 17.7 Å². The largest absolute Gasteiger partial charge is 0.427 e. The van der Waals surface area contributed by atoms with Gasteiger partial charge in [-0.2, -0.15) is 0 Å². The minimum Gasteiger partial charge on any atom is -0.427 e. The van der Waals surface area contributed by atoms with Crippen molar-refractivity contribution < 1.29 is 14.3 Å². The van der Waals surface area contributed by atoms with Gasteiger partial charge in [0.15, 0.2) is 0 Å². The van der Waals surface area contributed by atoms with Crippen molar-refractivity contribution in [2.24, 2.45) is 0 Å². The molecule has 2 heterocycles. The Labute approximate surface area is 176 Å². The van der Waals surface area contributed by atoms with Gasteiger partial charge in [0.1, 0.15) is 17.4 Å². The monoisotopic (exact) mass is 408 g/mol. The number of anilines is 1. The van der Waals surface area contributed by atoms with E-state index in [9.17, 15) is 9.59 Å². The molecular weight excluding hydrogens is 380 g/mol. The molecule has 1 aromatic heterocycles. The van der Waals surface area contributed by atoms with Crippen LogP contribution >= 0.6 is 0 Å². The molecule has 2 aromatic rings. The van der Waals surface area contributed by atoms with Gasteiger partial charge in [0, 0.05) is 42.9 Å². The molecule has 1 amide bonds. The molecule has 1 aliphatic heterocycles. The molecule has 2 aliphatic rings. The second kappa shape index (κ2) is 8.81. The number of esters is 1. The summed E-state index contributed by atoms with van der Waals surface area (Å²) >= 11 is 0. The zero-order valence-corrected chi connectivity index (χ0v) is 17.6. The van der Waals surface area contributed by atoms with Gasteiger partial charge in [-0.15, -0.1) is 0 Å². The molecule has 1 saturated heterocycles. The molecule has 0 bridgehead atoms. The van der Waals surface area contributed by atoms with Crippen molar-refractivity contribution in [3.63, 3.8) is 0 Å². The van der Waals surface area contributed by atoms with Crippen molar-refractivity contribution in [3.8, 4) is 5.75 Å². The van der Waals surface area contributed by atoms with Crippen molar-refractivity contribution in [2.45, 2.75) is 58.4 Å². The van der Waals surface area contributed by atoms with Crippen LogP contribution in [0.25, 0.3) is 0 Å². The van der Waals surface area contributed by atoms with Gasteiger partial charge in [-0.25, -0.2) is 9.97 Å². The maximum absolute atomic E-state index is 12.6. The number of aromatic nitrogens is 2. The summed E-state index contributed by atoms with van der Waals surface area (Å²) in [5, 5.41) is 3.14. The van der Waals surface area contributed by atoms with E-state index >= 15 is 0 Å². The third-order valence-electron chi connectivity index (χ3n) is 5.78. The normalized spacial score (nSPS) is 16.7. The van der Waals surface area contributed by atoms with E-state index in [1.807, 2.05) is 6.92 Å². The van der Waals surface area contributed by atoms with Crippen LogP contribution in [0.1, 0.15) is 60.0 Å². The van der Waals surface area contributed by atoms with E-state index in [0.29, 0.717) is 11.3 Å². The van der Waals surface area contributed by atoms with Crippen molar-refractivity contribution in [1.29, 1.82) is 0 Å². The first-order valence-electron chi connectivity index (χ1n) is 10.7. The number of fused-ring (bicyclic) bond motifs is 1. The van der Waals surface area contributed by atoms with E-state index in [2.05, 4.69) is 15.2 Å². The Balaban J connectivity index is 1.35. The van der Waals surface area contributed by atoms with Crippen LogP contribution in [-0.2, 0) is 17.6 Å². The molecule has 0 atom stereocenters. The molecule has 1 N–H and O–H groups in total. The SMILES string of the molecule is CC(=O)Oc1ccc(C(=O)NC2CCN(c3nc(C)nc4c3CCCC4)CC2)cc1. The molecule has 158 valence electrons. The fourth-order valence-corrected chi connectivity index (χ4v) is 4.30. The molecule has 0 unspecified atom stereocenters. The molecule has 1 fully saturated rings. The molecule has 0 spiro atoms. The number of piperidine rings is 1. The molecule has 1 aromatic carbocycles. The highest BCUT2D eigenvalue weighted by Crippen LogP contribution is 2.29. The minimum absolute atomic E-state index is 0.0990. The van der Waals surface area contributed by atoms with Crippen LogP contribution in [0.5, 0.6) is 5.75 Å². The number of benzene rings is 1. The van der Waals surface area contributed by atoms with Crippen LogP contribution in [-0.4, -0.2) is 41.0 Å². The van der Waals surface area contributed by atoms with E-state index in [1.54, 1.807) is 24.3 Å². The quantitative estimate of drug-likeness (QED) is 0.618. The second-order valence-corrected chi connectivity index (χ2v) is 8.08. The Morgan fingerprint density at radius 3 is 2.47 bits per heavy atom. The topological polar surface area (TPSA) is 84.4 Å². The van der Waals surface area contributed by atoms with Crippen molar-refractivity contribution in [1.82, 2.24) is 15.3 Å². The smallest absolute Gasteiger partial charge is 0.308 e. The lowest BCUT2D eigenvalue weighted by Gasteiger charge is -2.35. The van der Waals surface area contributed by atoms with E-state index in [0.717, 1.165) is 50.4 Å². The van der Waals surface area contributed by atoms with Gasteiger partial charge in [-0.05, 0) is 69.7 Å². The van der Waals surface area contributed by atoms with Gasteiger partial charge in [0.2, 0.25) is 0 Å². The number of nitrogens with zero attached hydrogens (tertiary/aromatic N) is 3. The first-order valence-corrected chi connectivity index (χ1v) is 10.7. The van der Waals surface area contributed by atoms with Crippen LogP contribution in [0.15, 0.2) is 24.3 Å².